The van der Waals surface area contributed by atoms with Gasteiger partial charge < -0.3 is 10.4 Å². The SMILES string of the molecule is Cc1cc(NCCc2ccncc2)c(C(=O)O)c(C)n1. The van der Waals surface area contributed by atoms with Gasteiger partial charge >= 0.3 is 5.97 Å². The summed E-state index contributed by atoms with van der Waals surface area (Å²) in [6, 6.07) is 5.66. The molecule has 0 unspecified atom stereocenters. The Kier molecular flexibility index (Phi) is 4.30. The van der Waals surface area contributed by atoms with Gasteiger partial charge in [0.25, 0.3) is 0 Å². The molecule has 5 heteroatoms. The van der Waals surface area contributed by atoms with Crippen molar-refractivity contribution in [2.45, 2.75) is 20.3 Å². The molecule has 0 radical (unpaired) electrons. The number of hydrogen-bond donors (Lipinski definition) is 2. The summed E-state index contributed by atoms with van der Waals surface area (Å²) in [5.41, 5.74) is 3.36. The number of aryl methyl sites for hydroxylation is 2. The molecule has 0 aliphatic carbocycles. The lowest BCUT2D eigenvalue weighted by Gasteiger charge is -2.12. The van der Waals surface area contributed by atoms with Crippen LogP contribution in [0.4, 0.5) is 5.69 Å². The highest BCUT2D eigenvalue weighted by atomic mass is 16.4. The minimum atomic E-state index is -0.957. The fourth-order valence-electron chi connectivity index (χ4n) is 2.13. The maximum Gasteiger partial charge on any atom is 0.339 e. The molecule has 0 aliphatic rings. The highest BCUT2D eigenvalue weighted by molar-refractivity contribution is 5.95. The van der Waals surface area contributed by atoms with E-state index >= 15 is 0 Å². The van der Waals surface area contributed by atoms with Gasteiger partial charge in [0, 0.05) is 24.6 Å². The summed E-state index contributed by atoms with van der Waals surface area (Å²) in [5, 5.41) is 12.4. The summed E-state index contributed by atoms with van der Waals surface area (Å²) >= 11 is 0. The molecule has 0 saturated heterocycles. The van der Waals surface area contributed by atoms with E-state index in [9.17, 15) is 9.90 Å². The Morgan fingerprint density at radius 1 is 1.30 bits per heavy atom. The van der Waals surface area contributed by atoms with Crippen LogP contribution < -0.4 is 5.32 Å². The molecule has 2 aromatic heterocycles. The molecular formula is C15H17N3O2. The fourth-order valence-corrected chi connectivity index (χ4v) is 2.13. The van der Waals surface area contributed by atoms with Gasteiger partial charge in [-0.2, -0.15) is 0 Å². The molecule has 2 N–H and O–H groups in total. The van der Waals surface area contributed by atoms with Crippen LogP contribution in [0, 0.1) is 13.8 Å². The second kappa shape index (κ2) is 6.14. The minimum absolute atomic E-state index is 0.241. The summed E-state index contributed by atoms with van der Waals surface area (Å²) in [7, 11) is 0. The largest absolute Gasteiger partial charge is 0.478 e. The van der Waals surface area contributed by atoms with E-state index in [4.69, 9.17) is 0 Å². The Morgan fingerprint density at radius 3 is 2.65 bits per heavy atom. The van der Waals surface area contributed by atoms with E-state index in [1.54, 1.807) is 25.4 Å². The summed E-state index contributed by atoms with van der Waals surface area (Å²) < 4.78 is 0. The Labute approximate surface area is 117 Å². The predicted octanol–water partition coefficient (Wildman–Crippen LogP) is 2.45. The molecule has 5 nitrogen and oxygen atoms in total. The molecule has 20 heavy (non-hydrogen) atoms. The number of anilines is 1. The quantitative estimate of drug-likeness (QED) is 0.873. The topological polar surface area (TPSA) is 75.1 Å². The first kappa shape index (κ1) is 14.0. The average molecular weight is 271 g/mol. The molecule has 2 heterocycles. The minimum Gasteiger partial charge on any atom is -0.478 e. The zero-order valence-electron chi connectivity index (χ0n) is 11.6. The molecule has 2 aromatic rings. The van der Waals surface area contributed by atoms with E-state index in [1.807, 2.05) is 19.1 Å². The molecular weight excluding hydrogens is 254 g/mol. The number of carboxylic acid groups (broad SMARTS) is 1. The van der Waals surface area contributed by atoms with Gasteiger partial charge in [0.2, 0.25) is 0 Å². The van der Waals surface area contributed by atoms with E-state index in [0.29, 0.717) is 17.9 Å². The number of rotatable bonds is 5. The van der Waals surface area contributed by atoms with Gasteiger partial charge in [-0.1, -0.05) is 0 Å². The first-order valence-corrected chi connectivity index (χ1v) is 6.42. The van der Waals surface area contributed by atoms with Gasteiger partial charge in [0.05, 0.1) is 11.4 Å². The Balaban J connectivity index is 2.11. The lowest BCUT2D eigenvalue weighted by atomic mass is 10.1. The first-order chi connectivity index (χ1) is 9.58. The third-order valence-corrected chi connectivity index (χ3v) is 3.02. The number of pyridine rings is 2. The maximum atomic E-state index is 11.3. The lowest BCUT2D eigenvalue weighted by molar-refractivity contribution is 0.0696. The van der Waals surface area contributed by atoms with Crippen LogP contribution in [0.5, 0.6) is 0 Å². The van der Waals surface area contributed by atoms with E-state index in [-0.39, 0.29) is 5.56 Å². The van der Waals surface area contributed by atoms with Gasteiger partial charge in [-0.25, -0.2) is 4.79 Å². The highest BCUT2D eigenvalue weighted by Crippen LogP contribution is 2.19. The van der Waals surface area contributed by atoms with Crippen molar-refractivity contribution >= 4 is 11.7 Å². The highest BCUT2D eigenvalue weighted by Gasteiger charge is 2.14. The molecule has 0 spiro atoms. The average Bonchev–Trinajstić information content (AvgIpc) is 2.38. The maximum absolute atomic E-state index is 11.3. The number of carbonyl (C=O) groups is 1. The molecule has 2 rings (SSSR count). The molecule has 0 fully saturated rings. The van der Waals surface area contributed by atoms with Gasteiger partial charge in [-0.05, 0) is 44.0 Å². The molecule has 0 atom stereocenters. The number of nitrogens with zero attached hydrogens (tertiary/aromatic N) is 2. The zero-order chi connectivity index (χ0) is 14.5. The van der Waals surface area contributed by atoms with Crippen molar-refractivity contribution in [1.82, 2.24) is 9.97 Å². The van der Waals surface area contributed by atoms with E-state index in [0.717, 1.165) is 17.7 Å². The van der Waals surface area contributed by atoms with Crippen molar-refractivity contribution < 1.29 is 9.90 Å². The van der Waals surface area contributed by atoms with E-state index < -0.39 is 5.97 Å². The van der Waals surface area contributed by atoms with Crippen LogP contribution in [0.3, 0.4) is 0 Å². The molecule has 0 bridgehead atoms. The van der Waals surface area contributed by atoms with Crippen molar-refractivity contribution in [2.24, 2.45) is 0 Å². The Bertz CT molecular complexity index is 612. The molecule has 0 aromatic carbocycles. The Morgan fingerprint density at radius 2 is 2.00 bits per heavy atom. The van der Waals surface area contributed by atoms with Gasteiger partial charge in [0.1, 0.15) is 5.56 Å². The number of aromatic carboxylic acids is 1. The van der Waals surface area contributed by atoms with Crippen molar-refractivity contribution in [1.29, 1.82) is 0 Å². The monoisotopic (exact) mass is 271 g/mol. The van der Waals surface area contributed by atoms with Gasteiger partial charge in [-0.15, -0.1) is 0 Å². The smallest absolute Gasteiger partial charge is 0.339 e. The fraction of sp³-hybridized carbons (Fsp3) is 0.267. The standard InChI is InChI=1S/C15H17N3O2/c1-10-9-13(14(15(19)20)11(2)18-10)17-8-5-12-3-6-16-7-4-12/h3-4,6-7,9H,5,8H2,1-2H3,(H,17,18)(H,19,20). The summed E-state index contributed by atoms with van der Waals surface area (Å²) in [5.74, 6) is -0.957. The van der Waals surface area contributed by atoms with Crippen LogP contribution in [-0.4, -0.2) is 27.6 Å². The van der Waals surface area contributed by atoms with Crippen LogP contribution in [0.15, 0.2) is 30.6 Å². The number of nitrogens with one attached hydrogen (secondary N) is 1. The first-order valence-electron chi connectivity index (χ1n) is 6.42. The van der Waals surface area contributed by atoms with Crippen molar-refractivity contribution in [3.63, 3.8) is 0 Å². The van der Waals surface area contributed by atoms with Crippen LogP contribution in [0.25, 0.3) is 0 Å². The predicted molar refractivity (Wildman–Crippen MR) is 77.1 cm³/mol. The number of carboxylic acids is 1. The molecule has 104 valence electrons. The third-order valence-electron chi connectivity index (χ3n) is 3.02. The molecule has 0 amide bonds. The summed E-state index contributed by atoms with van der Waals surface area (Å²) in [6.07, 6.45) is 4.31. The van der Waals surface area contributed by atoms with Gasteiger partial charge in [-0.3, -0.25) is 9.97 Å². The van der Waals surface area contributed by atoms with Crippen LogP contribution >= 0.6 is 0 Å². The summed E-state index contributed by atoms with van der Waals surface area (Å²) in [6.45, 7) is 4.23. The number of hydrogen-bond acceptors (Lipinski definition) is 4. The van der Waals surface area contributed by atoms with Crippen LogP contribution in [0.2, 0.25) is 0 Å². The molecule has 0 saturated carbocycles. The lowest BCUT2D eigenvalue weighted by Crippen LogP contribution is -2.12. The molecule has 0 aliphatic heterocycles. The second-order valence-corrected chi connectivity index (χ2v) is 4.61. The van der Waals surface area contributed by atoms with Gasteiger partial charge in [0.15, 0.2) is 0 Å². The van der Waals surface area contributed by atoms with Crippen molar-refractivity contribution in [2.75, 3.05) is 11.9 Å². The number of aromatic nitrogens is 2. The van der Waals surface area contributed by atoms with Crippen LogP contribution in [-0.2, 0) is 6.42 Å². The van der Waals surface area contributed by atoms with E-state index in [2.05, 4.69) is 15.3 Å². The normalized spacial score (nSPS) is 10.3. The summed E-state index contributed by atoms with van der Waals surface area (Å²) in [4.78, 5) is 19.5. The van der Waals surface area contributed by atoms with Crippen molar-refractivity contribution in [3.8, 4) is 0 Å². The van der Waals surface area contributed by atoms with Crippen LogP contribution in [0.1, 0.15) is 27.3 Å². The Hall–Kier alpha value is -2.43. The van der Waals surface area contributed by atoms with Crippen molar-refractivity contribution in [3.05, 3.63) is 53.1 Å². The second-order valence-electron chi connectivity index (χ2n) is 4.61. The zero-order valence-corrected chi connectivity index (χ0v) is 11.6. The third kappa shape index (κ3) is 3.32. The van der Waals surface area contributed by atoms with E-state index in [1.165, 1.54) is 0 Å².